The molecule has 164 valence electrons. The number of benzene rings is 3. The van der Waals surface area contributed by atoms with E-state index in [1.165, 1.54) is 24.3 Å². The number of nitrogens with zero attached hydrogens (tertiary/aromatic N) is 1. The summed E-state index contributed by atoms with van der Waals surface area (Å²) in [5, 5.41) is 14.9. The van der Waals surface area contributed by atoms with E-state index in [2.05, 4.69) is 5.32 Å². The third-order valence-electron chi connectivity index (χ3n) is 5.14. The lowest BCUT2D eigenvalue weighted by atomic mass is 10.0. The number of rotatable bonds is 6. The van der Waals surface area contributed by atoms with E-state index in [0.717, 1.165) is 22.0 Å². The van der Waals surface area contributed by atoms with Crippen molar-refractivity contribution in [3.05, 3.63) is 96.2 Å². The van der Waals surface area contributed by atoms with E-state index < -0.39 is 12.1 Å². The van der Waals surface area contributed by atoms with Gasteiger partial charge in [-0.25, -0.2) is 8.78 Å². The first-order valence-corrected chi connectivity index (χ1v) is 9.52. The molecular weight excluding hydrogens is 414 g/mol. The molecule has 0 amide bonds. The molecule has 0 unspecified atom stereocenters. The quantitative estimate of drug-likeness (QED) is 0.413. The van der Waals surface area contributed by atoms with Crippen LogP contribution in [0.25, 0.3) is 22.0 Å². The molecule has 0 fully saturated rings. The molecule has 3 nitrogen and oxygen atoms in total. The van der Waals surface area contributed by atoms with Crippen molar-refractivity contribution in [3.8, 4) is 11.1 Å². The predicted molar refractivity (Wildman–Crippen MR) is 129 cm³/mol. The normalized spacial score (nSPS) is 12.6. The van der Waals surface area contributed by atoms with Crippen molar-refractivity contribution in [2.24, 2.45) is 0 Å². The van der Waals surface area contributed by atoms with Crippen LogP contribution < -0.4 is 5.32 Å². The van der Waals surface area contributed by atoms with Crippen molar-refractivity contribution in [2.75, 3.05) is 13.6 Å². The average molecular weight is 443 g/mol. The maximum absolute atomic E-state index is 14.0. The molecular formula is C25H28F2N2OS. The molecule has 4 aromatic rings. The molecule has 6 heteroatoms. The molecule has 0 saturated heterocycles. The van der Waals surface area contributed by atoms with E-state index in [1.54, 1.807) is 19.2 Å². The topological polar surface area (TPSA) is 37.2 Å². The standard InChI is InChI=1S/C24H22F2N2O.CH4.H2S/c1-27-14-23(29)24(17-7-5-9-19(26)13-17)28-15-21(16-6-4-8-18(25)12-16)20-10-2-3-11-22(20)28;;/h2-13,15,23-24,27,29H,14H2,1H3;1H4;1H2/t23-,24+;;/m1../s1. The van der Waals surface area contributed by atoms with Gasteiger partial charge in [0, 0.05) is 29.2 Å². The highest BCUT2D eigenvalue weighted by Crippen LogP contribution is 2.35. The third kappa shape index (κ3) is 4.98. The van der Waals surface area contributed by atoms with Crippen molar-refractivity contribution in [2.45, 2.75) is 19.6 Å². The number of aromatic nitrogens is 1. The van der Waals surface area contributed by atoms with E-state index >= 15 is 0 Å². The molecule has 2 atom stereocenters. The lowest BCUT2D eigenvalue weighted by Crippen LogP contribution is -2.33. The summed E-state index contributed by atoms with van der Waals surface area (Å²) in [6, 6.07) is 20.0. The molecule has 4 rings (SSSR count). The molecule has 1 heterocycles. The first-order chi connectivity index (χ1) is 14.1. The van der Waals surface area contributed by atoms with Crippen molar-refractivity contribution in [1.29, 1.82) is 0 Å². The van der Waals surface area contributed by atoms with Crippen LogP contribution in [-0.4, -0.2) is 29.4 Å². The van der Waals surface area contributed by atoms with E-state index in [-0.39, 0.29) is 32.6 Å². The van der Waals surface area contributed by atoms with Crippen molar-refractivity contribution < 1.29 is 13.9 Å². The number of likely N-dealkylation sites (N-methyl/N-ethyl adjacent to an activating group) is 1. The molecule has 2 N–H and O–H groups in total. The number of hydrogen-bond acceptors (Lipinski definition) is 2. The van der Waals surface area contributed by atoms with Gasteiger partial charge in [-0.05, 0) is 48.5 Å². The second-order valence-corrected chi connectivity index (χ2v) is 7.10. The van der Waals surface area contributed by atoms with Crippen molar-refractivity contribution >= 4 is 24.4 Å². The zero-order valence-electron chi connectivity index (χ0n) is 16.5. The zero-order valence-corrected chi connectivity index (χ0v) is 17.5. The fraction of sp³-hybridized carbons (Fsp3) is 0.200. The van der Waals surface area contributed by atoms with E-state index in [9.17, 15) is 13.9 Å². The van der Waals surface area contributed by atoms with Gasteiger partial charge in [-0.1, -0.05) is 49.9 Å². The molecule has 0 bridgehead atoms. The molecule has 3 aromatic carbocycles. The second kappa shape index (κ2) is 10.6. The Hall–Kier alpha value is -2.67. The first kappa shape index (κ1) is 24.6. The van der Waals surface area contributed by atoms with E-state index in [1.807, 2.05) is 47.2 Å². The molecule has 0 saturated carbocycles. The predicted octanol–water partition coefficient (Wildman–Crippen LogP) is 5.51. The highest BCUT2D eigenvalue weighted by atomic mass is 32.1. The van der Waals surface area contributed by atoms with Gasteiger partial charge in [-0.2, -0.15) is 13.5 Å². The number of aliphatic hydroxyl groups excluding tert-OH is 1. The minimum absolute atomic E-state index is 0. The van der Waals surface area contributed by atoms with Gasteiger partial charge in [0.25, 0.3) is 0 Å². The number of aliphatic hydroxyl groups is 1. The van der Waals surface area contributed by atoms with Crippen LogP contribution in [0.1, 0.15) is 19.0 Å². The Morgan fingerprint density at radius 3 is 2.29 bits per heavy atom. The summed E-state index contributed by atoms with van der Waals surface area (Å²) in [6.45, 7) is 0.336. The lowest BCUT2D eigenvalue weighted by molar-refractivity contribution is 0.132. The summed E-state index contributed by atoms with van der Waals surface area (Å²) in [5.41, 5.74) is 3.16. The summed E-state index contributed by atoms with van der Waals surface area (Å²) < 4.78 is 29.8. The molecule has 0 aliphatic carbocycles. The smallest absolute Gasteiger partial charge is 0.123 e. The van der Waals surface area contributed by atoms with Gasteiger partial charge in [0.15, 0.2) is 0 Å². The van der Waals surface area contributed by atoms with Crippen LogP contribution >= 0.6 is 13.5 Å². The second-order valence-electron chi connectivity index (χ2n) is 7.10. The van der Waals surface area contributed by atoms with Crippen LogP contribution in [0.5, 0.6) is 0 Å². The highest BCUT2D eigenvalue weighted by molar-refractivity contribution is 7.59. The fourth-order valence-corrected chi connectivity index (χ4v) is 3.90. The number of fused-ring (bicyclic) bond motifs is 1. The lowest BCUT2D eigenvalue weighted by Gasteiger charge is -2.26. The molecule has 1 aromatic heterocycles. The minimum Gasteiger partial charge on any atom is -0.389 e. The third-order valence-corrected chi connectivity index (χ3v) is 5.14. The van der Waals surface area contributed by atoms with Gasteiger partial charge in [-0.3, -0.25) is 0 Å². The van der Waals surface area contributed by atoms with E-state index in [0.29, 0.717) is 12.1 Å². The minimum atomic E-state index is -0.794. The fourth-order valence-electron chi connectivity index (χ4n) is 3.90. The van der Waals surface area contributed by atoms with Gasteiger partial charge in [0.05, 0.1) is 12.1 Å². The van der Waals surface area contributed by atoms with Gasteiger partial charge in [-0.15, -0.1) is 0 Å². The Morgan fingerprint density at radius 2 is 1.61 bits per heavy atom. The Labute approximate surface area is 188 Å². The average Bonchev–Trinajstić information content (AvgIpc) is 3.08. The Morgan fingerprint density at radius 1 is 0.935 bits per heavy atom. The van der Waals surface area contributed by atoms with Crippen LogP contribution in [0.4, 0.5) is 8.78 Å². The van der Waals surface area contributed by atoms with Crippen LogP contribution in [0.2, 0.25) is 0 Å². The van der Waals surface area contributed by atoms with Gasteiger partial charge in [0.1, 0.15) is 11.6 Å². The maximum Gasteiger partial charge on any atom is 0.123 e. The summed E-state index contributed by atoms with van der Waals surface area (Å²) in [7, 11) is 1.76. The molecule has 0 aliphatic rings. The van der Waals surface area contributed by atoms with Crippen LogP contribution in [0.15, 0.2) is 79.0 Å². The summed E-state index contributed by atoms with van der Waals surface area (Å²) in [5.74, 6) is -0.665. The van der Waals surface area contributed by atoms with Crippen molar-refractivity contribution in [1.82, 2.24) is 9.88 Å². The zero-order chi connectivity index (χ0) is 20.4. The molecule has 0 spiro atoms. The van der Waals surface area contributed by atoms with Crippen LogP contribution in [-0.2, 0) is 0 Å². The van der Waals surface area contributed by atoms with Crippen LogP contribution in [0, 0.1) is 11.6 Å². The Balaban J connectivity index is 0.00000171. The van der Waals surface area contributed by atoms with E-state index in [4.69, 9.17) is 0 Å². The summed E-state index contributed by atoms with van der Waals surface area (Å²) in [6.07, 6.45) is 1.12. The Bertz CT molecular complexity index is 1150. The largest absolute Gasteiger partial charge is 0.389 e. The number of halogens is 2. The van der Waals surface area contributed by atoms with Gasteiger partial charge in [0.2, 0.25) is 0 Å². The molecule has 0 aliphatic heterocycles. The summed E-state index contributed by atoms with van der Waals surface area (Å²) >= 11 is 0. The molecule has 31 heavy (non-hydrogen) atoms. The Kier molecular flexibility index (Phi) is 8.39. The van der Waals surface area contributed by atoms with Crippen LogP contribution in [0.3, 0.4) is 0 Å². The maximum atomic E-state index is 14.0. The van der Waals surface area contributed by atoms with Gasteiger partial charge >= 0.3 is 0 Å². The van der Waals surface area contributed by atoms with Gasteiger partial charge < -0.3 is 15.0 Å². The first-order valence-electron chi connectivity index (χ1n) is 9.52. The number of hydrogen-bond donors (Lipinski definition) is 2. The SMILES string of the molecule is C.CNC[C@@H](O)[C@H](c1cccc(F)c1)n1cc(-c2cccc(F)c2)c2ccccc21.S. The monoisotopic (exact) mass is 442 g/mol. The van der Waals surface area contributed by atoms with Crippen molar-refractivity contribution in [3.63, 3.8) is 0 Å². The highest BCUT2D eigenvalue weighted by Gasteiger charge is 2.25. The molecule has 0 radical (unpaired) electrons. The summed E-state index contributed by atoms with van der Waals surface area (Å²) in [4.78, 5) is 0. The number of nitrogens with one attached hydrogen (secondary N) is 1. The number of para-hydroxylation sites is 1.